The predicted molar refractivity (Wildman–Crippen MR) is 105 cm³/mol. The minimum absolute atomic E-state index is 0.0784. The molecule has 1 fully saturated rings. The maximum absolute atomic E-state index is 12.5. The summed E-state index contributed by atoms with van der Waals surface area (Å²) in [5.41, 5.74) is 1.29. The molecule has 0 aliphatic heterocycles. The van der Waals surface area contributed by atoms with E-state index in [2.05, 4.69) is 53.9 Å². The molecule has 0 radical (unpaired) electrons. The van der Waals surface area contributed by atoms with Crippen LogP contribution in [0.5, 0.6) is 0 Å². The van der Waals surface area contributed by atoms with E-state index in [4.69, 9.17) is 0 Å². The molecule has 27 heavy (non-hydrogen) atoms. The van der Waals surface area contributed by atoms with Gasteiger partial charge in [-0.25, -0.2) is 4.79 Å². The average Bonchev–Trinajstić information content (AvgIpc) is 3.43. The molecule has 1 aromatic carbocycles. The van der Waals surface area contributed by atoms with Crippen LogP contribution in [0.15, 0.2) is 30.3 Å². The van der Waals surface area contributed by atoms with Crippen molar-refractivity contribution < 1.29 is 9.69 Å². The lowest BCUT2D eigenvalue weighted by Crippen LogP contribution is -3.11. The van der Waals surface area contributed by atoms with Gasteiger partial charge in [0.05, 0.1) is 27.2 Å². The molecule has 146 valence electrons. The summed E-state index contributed by atoms with van der Waals surface area (Å²) >= 11 is 0. The summed E-state index contributed by atoms with van der Waals surface area (Å²) in [5, 5.41) is 11.6. The molecule has 2 amide bonds. The van der Waals surface area contributed by atoms with Crippen LogP contribution in [0.4, 0.5) is 4.79 Å². The van der Waals surface area contributed by atoms with Crippen molar-refractivity contribution >= 4 is 6.03 Å². The Hall–Kier alpha value is -2.41. The second-order valence-electron chi connectivity index (χ2n) is 7.81. The lowest BCUT2D eigenvalue weighted by atomic mass is 10.1. The van der Waals surface area contributed by atoms with Crippen molar-refractivity contribution in [3.8, 4) is 0 Å². The molecule has 7 heteroatoms. The van der Waals surface area contributed by atoms with Crippen LogP contribution in [0, 0.1) is 0 Å². The number of benzene rings is 1. The molecule has 0 spiro atoms. The molecule has 2 aromatic rings. The monoisotopic (exact) mass is 371 g/mol. The lowest BCUT2D eigenvalue weighted by Gasteiger charge is -2.24. The number of quaternary nitrogens is 1. The largest absolute Gasteiger partial charge is 0.336 e. The van der Waals surface area contributed by atoms with Crippen molar-refractivity contribution in [3.63, 3.8) is 0 Å². The Morgan fingerprint density at radius 1 is 1.30 bits per heavy atom. The Morgan fingerprint density at radius 2 is 2.00 bits per heavy atom. The Labute approximate surface area is 161 Å². The van der Waals surface area contributed by atoms with Gasteiger partial charge in [-0.15, -0.1) is 10.2 Å². The van der Waals surface area contributed by atoms with E-state index >= 15 is 0 Å². The SMILES string of the molecule is CN(Cc1nnc(C2CC2)n1C)C(=O)NC[C@@H](Cc1ccccc1)[NH+](C)C. The zero-order chi connectivity index (χ0) is 19.4. The van der Waals surface area contributed by atoms with Gasteiger partial charge in [-0.3, -0.25) is 0 Å². The zero-order valence-electron chi connectivity index (χ0n) is 16.8. The maximum atomic E-state index is 12.5. The van der Waals surface area contributed by atoms with Gasteiger partial charge in [0.15, 0.2) is 5.82 Å². The normalized spacial score (nSPS) is 15.0. The first kappa shape index (κ1) is 19.4. The molecule has 0 unspecified atom stereocenters. The van der Waals surface area contributed by atoms with Crippen LogP contribution in [-0.4, -0.2) is 59.4 Å². The van der Waals surface area contributed by atoms with Crippen molar-refractivity contribution in [2.75, 3.05) is 27.7 Å². The fraction of sp³-hybridized carbons (Fsp3) is 0.550. The zero-order valence-corrected chi connectivity index (χ0v) is 16.8. The van der Waals surface area contributed by atoms with Gasteiger partial charge in [-0.05, 0) is 18.4 Å². The van der Waals surface area contributed by atoms with Crippen molar-refractivity contribution in [2.45, 2.75) is 37.8 Å². The summed E-state index contributed by atoms with van der Waals surface area (Å²) in [6.45, 7) is 1.09. The third-order valence-electron chi connectivity index (χ3n) is 5.31. The van der Waals surface area contributed by atoms with Crippen LogP contribution in [-0.2, 0) is 20.0 Å². The Bertz CT molecular complexity index is 753. The fourth-order valence-corrected chi connectivity index (χ4v) is 3.22. The number of amides is 2. The van der Waals surface area contributed by atoms with Crippen LogP contribution in [0.3, 0.4) is 0 Å². The summed E-state index contributed by atoms with van der Waals surface area (Å²) in [7, 11) is 8.04. The van der Waals surface area contributed by atoms with Gasteiger partial charge >= 0.3 is 6.03 Å². The highest BCUT2D eigenvalue weighted by molar-refractivity contribution is 5.73. The van der Waals surface area contributed by atoms with E-state index in [1.54, 1.807) is 11.9 Å². The number of nitrogens with one attached hydrogen (secondary N) is 2. The number of hydrogen-bond donors (Lipinski definition) is 2. The number of rotatable bonds is 8. The molecule has 0 saturated heterocycles. The van der Waals surface area contributed by atoms with Gasteiger partial charge in [0.2, 0.25) is 0 Å². The number of nitrogens with zero attached hydrogens (tertiary/aromatic N) is 4. The average molecular weight is 372 g/mol. The number of likely N-dealkylation sites (N-methyl/N-ethyl adjacent to an activating group) is 1. The number of carbonyl (C=O) groups excluding carboxylic acids is 1. The molecule has 1 heterocycles. The van der Waals surface area contributed by atoms with E-state index in [1.807, 2.05) is 17.7 Å². The van der Waals surface area contributed by atoms with Crippen molar-refractivity contribution in [1.29, 1.82) is 0 Å². The van der Waals surface area contributed by atoms with Crippen LogP contribution in [0.2, 0.25) is 0 Å². The summed E-state index contributed by atoms with van der Waals surface area (Å²) in [6.07, 6.45) is 3.32. The molecule has 0 bridgehead atoms. The van der Waals surface area contributed by atoms with Gasteiger partial charge in [-0.2, -0.15) is 0 Å². The molecular formula is C20H31N6O+. The van der Waals surface area contributed by atoms with E-state index in [1.165, 1.54) is 23.3 Å². The van der Waals surface area contributed by atoms with Crippen LogP contribution in [0.25, 0.3) is 0 Å². The van der Waals surface area contributed by atoms with E-state index in [0.717, 1.165) is 18.1 Å². The first-order valence-electron chi connectivity index (χ1n) is 9.66. The molecule has 1 saturated carbocycles. The topological polar surface area (TPSA) is 67.5 Å². The number of carbonyl (C=O) groups is 1. The van der Waals surface area contributed by atoms with Gasteiger partial charge < -0.3 is 19.7 Å². The van der Waals surface area contributed by atoms with E-state index in [-0.39, 0.29) is 6.03 Å². The summed E-state index contributed by atoms with van der Waals surface area (Å²) in [4.78, 5) is 15.5. The smallest absolute Gasteiger partial charge is 0.317 e. The Morgan fingerprint density at radius 3 is 2.63 bits per heavy atom. The third kappa shape index (κ3) is 5.07. The number of urea groups is 1. The van der Waals surface area contributed by atoms with E-state index in [0.29, 0.717) is 25.0 Å². The van der Waals surface area contributed by atoms with E-state index < -0.39 is 0 Å². The molecule has 1 aromatic heterocycles. The Kier molecular flexibility index (Phi) is 6.11. The first-order chi connectivity index (χ1) is 13.0. The Balaban J connectivity index is 1.52. The quantitative estimate of drug-likeness (QED) is 0.714. The minimum Gasteiger partial charge on any atom is -0.336 e. The molecular weight excluding hydrogens is 340 g/mol. The van der Waals surface area contributed by atoms with Crippen molar-refractivity contribution in [1.82, 2.24) is 25.0 Å². The van der Waals surface area contributed by atoms with Gasteiger partial charge in [0, 0.05) is 26.4 Å². The van der Waals surface area contributed by atoms with Gasteiger partial charge in [-0.1, -0.05) is 30.3 Å². The fourth-order valence-electron chi connectivity index (χ4n) is 3.22. The molecule has 1 atom stereocenters. The standard InChI is InChI=1S/C20H30N6O/c1-24(2)17(12-15-8-6-5-7-9-15)13-21-20(27)25(3)14-18-22-23-19(26(18)4)16-10-11-16/h5-9,16-17H,10-14H2,1-4H3,(H,21,27)/p+1/t17-/m1/s1. The first-order valence-corrected chi connectivity index (χ1v) is 9.66. The number of aromatic nitrogens is 3. The summed E-state index contributed by atoms with van der Waals surface area (Å²) < 4.78 is 2.03. The number of hydrogen-bond acceptors (Lipinski definition) is 3. The molecule has 2 N–H and O–H groups in total. The van der Waals surface area contributed by atoms with E-state index in [9.17, 15) is 4.79 Å². The van der Waals surface area contributed by atoms with Gasteiger partial charge in [0.1, 0.15) is 11.9 Å². The molecule has 1 aliphatic rings. The van der Waals surface area contributed by atoms with Crippen molar-refractivity contribution in [2.24, 2.45) is 7.05 Å². The minimum atomic E-state index is -0.0784. The summed E-state index contributed by atoms with van der Waals surface area (Å²) in [6, 6.07) is 10.6. The van der Waals surface area contributed by atoms with Crippen LogP contribution >= 0.6 is 0 Å². The maximum Gasteiger partial charge on any atom is 0.317 e. The molecule has 7 nitrogen and oxygen atoms in total. The summed E-state index contributed by atoms with van der Waals surface area (Å²) in [5.74, 6) is 2.42. The third-order valence-corrected chi connectivity index (χ3v) is 5.31. The molecule has 1 aliphatic carbocycles. The molecule has 3 rings (SSSR count). The highest BCUT2D eigenvalue weighted by Gasteiger charge is 2.29. The second kappa shape index (κ2) is 8.52. The van der Waals surface area contributed by atoms with Crippen LogP contribution < -0.4 is 10.2 Å². The lowest BCUT2D eigenvalue weighted by molar-refractivity contribution is -0.884. The highest BCUT2D eigenvalue weighted by Crippen LogP contribution is 2.38. The van der Waals surface area contributed by atoms with Crippen molar-refractivity contribution in [3.05, 3.63) is 47.5 Å². The van der Waals surface area contributed by atoms with Crippen LogP contribution in [0.1, 0.15) is 36.0 Å². The highest BCUT2D eigenvalue weighted by atomic mass is 16.2. The predicted octanol–water partition coefficient (Wildman–Crippen LogP) is 0.590. The second-order valence-corrected chi connectivity index (χ2v) is 7.81. The van der Waals surface area contributed by atoms with Gasteiger partial charge in [0.25, 0.3) is 0 Å².